The van der Waals surface area contributed by atoms with Gasteiger partial charge in [-0.3, -0.25) is 4.79 Å². The van der Waals surface area contributed by atoms with E-state index in [2.05, 4.69) is 10.5 Å². The molecule has 0 saturated carbocycles. The maximum Gasteiger partial charge on any atom is 0.227 e. The minimum Gasteiger partial charge on any atom is -0.361 e. The number of carbonyl (C=O) groups excluding carboxylic acids is 1. The van der Waals surface area contributed by atoms with Gasteiger partial charge in [0.15, 0.2) is 0 Å². The number of nitrogens with one attached hydrogen (secondary N) is 1. The predicted molar refractivity (Wildman–Crippen MR) is 79.4 cm³/mol. The van der Waals surface area contributed by atoms with Crippen molar-refractivity contribution in [2.45, 2.75) is 59.9 Å². The molecule has 0 saturated heterocycles. The van der Waals surface area contributed by atoms with Crippen molar-refractivity contribution in [3.8, 4) is 0 Å². The third-order valence-electron chi connectivity index (χ3n) is 4.29. The van der Waals surface area contributed by atoms with Crippen molar-refractivity contribution in [1.82, 2.24) is 10.5 Å². The Hall–Kier alpha value is -1.36. The molecule has 0 aliphatic rings. The van der Waals surface area contributed by atoms with Crippen molar-refractivity contribution in [2.75, 3.05) is 6.54 Å². The second-order valence-corrected chi connectivity index (χ2v) is 5.57. The van der Waals surface area contributed by atoms with Gasteiger partial charge in [0.1, 0.15) is 5.76 Å². The summed E-state index contributed by atoms with van der Waals surface area (Å²) in [5, 5.41) is 7.02. The monoisotopic (exact) mass is 281 g/mol. The van der Waals surface area contributed by atoms with Crippen LogP contribution in [0.1, 0.15) is 50.6 Å². The van der Waals surface area contributed by atoms with Crippen molar-refractivity contribution >= 4 is 5.91 Å². The quantitative estimate of drug-likeness (QED) is 0.802. The van der Waals surface area contributed by atoms with Gasteiger partial charge in [0.2, 0.25) is 5.91 Å². The molecule has 20 heavy (non-hydrogen) atoms. The molecule has 0 bridgehead atoms. The molecule has 0 spiro atoms. The predicted octanol–water partition coefficient (Wildman–Crippen LogP) is 2.10. The van der Waals surface area contributed by atoms with Gasteiger partial charge in [0.05, 0.1) is 11.1 Å². The SMILES string of the molecule is CCC(CC)(CN)C(=O)NC(C)Cc1c(C)noc1C. The van der Waals surface area contributed by atoms with Crippen molar-refractivity contribution in [3.63, 3.8) is 0 Å². The molecule has 1 aromatic heterocycles. The van der Waals surface area contributed by atoms with Crippen LogP contribution in [0.4, 0.5) is 0 Å². The minimum absolute atomic E-state index is 0.0309. The zero-order valence-electron chi connectivity index (χ0n) is 13.2. The van der Waals surface area contributed by atoms with Gasteiger partial charge in [-0.25, -0.2) is 0 Å². The van der Waals surface area contributed by atoms with E-state index in [1.54, 1.807) is 0 Å². The Morgan fingerprint density at radius 1 is 1.40 bits per heavy atom. The normalized spacial score (nSPS) is 13.3. The van der Waals surface area contributed by atoms with Crippen LogP contribution in [0.25, 0.3) is 0 Å². The average molecular weight is 281 g/mol. The lowest BCUT2D eigenvalue weighted by Gasteiger charge is -2.30. The van der Waals surface area contributed by atoms with Crippen LogP contribution < -0.4 is 11.1 Å². The number of aromatic nitrogens is 1. The summed E-state index contributed by atoms with van der Waals surface area (Å²) in [7, 11) is 0. The smallest absolute Gasteiger partial charge is 0.227 e. The summed E-state index contributed by atoms with van der Waals surface area (Å²) in [6, 6.07) is 0.0309. The topological polar surface area (TPSA) is 81.2 Å². The fourth-order valence-electron chi connectivity index (χ4n) is 2.48. The van der Waals surface area contributed by atoms with Crippen LogP contribution in [0.5, 0.6) is 0 Å². The maximum atomic E-state index is 12.4. The lowest BCUT2D eigenvalue weighted by molar-refractivity contribution is -0.131. The lowest BCUT2D eigenvalue weighted by atomic mass is 9.81. The molecular formula is C15H27N3O2. The molecule has 1 atom stereocenters. The van der Waals surface area contributed by atoms with Crippen LogP contribution in [-0.2, 0) is 11.2 Å². The molecule has 0 aromatic carbocycles. The first-order valence-corrected chi connectivity index (χ1v) is 7.33. The first kappa shape index (κ1) is 16.7. The van der Waals surface area contributed by atoms with E-state index in [-0.39, 0.29) is 11.9 Å². The Balaban J connectivity index is 2.71. The highest BCUT2D eigenvalue weighted by atomic mass is 16.5. The summed E-state index contributed by atoms with van der Waals surface area (Å²) in [5.74, 6) is 0.865. The number of nitrogens with two attached hydrogens (primary N) is 1. The third kappa shape index (κ3) is 3.39. The Kier molecular flexibility index (Phi) is 5.74. The van der Waals surface area contributed by atoms with Gasteiger partial charge in [-0.2, -0.15) is 0 Å². The van der Waals surface area contributed by atoms with Crippen molar-refractivity contribution < 1.29 is 9.32 Å². The Morgan fingerprint density at radius 3 is 2.40 bits per heavy atom. The second kappa shape index (κ2) is 6.88. The number of carbonyl (C=O) groups is 1. The van der Waals surface area contributed by atoms with Crippen LogP contribution in [-0.4, -0.2) is 23.7 Å². The zero-order chi connectivity index (χ0) is 15.3. The number of hydrogen-bond donors (Lipinski definition) is 2. The molecular weight excluding hydrogens is 254 g/mol. The van der Waals surface area contributed by atoms with Crippen LogP contribution in [0.3, 0.4) is 0 Å². The third-order valence-corrected chi connectivity index (χ3v) is 4.29. The molecule has 1 unspecified atom stereocenters. The van der Waals surface area contributed by atoms with E-state index in [0.29, 0.717) is 6.54 Å². The van der Waals surface area contributed by atoms with Gasteiger partial charge in [-0.1, -0.05) is 19.0 Å². The van der Waals surface area contributed by atoms with Crippen molar-refractivity contribution in [2.24, 2.45) is 11.1 Å². The van der Waals surface area contributed by atoms with E-state index in [1.165, 1.54) is 0 Å². The highest BCUT2D eigenvalue weighted by Gasteiger charge is 2.34. The zero-order valence-corrected chi connectivity index (χ0v) is 13.2. The molecule has 0 aliphatic carbocycles. The standard InChI is InChI=1S/C15H27N3O2/c1-6-15(7-2,9-16)14(19)17-10(3)8-13-11(4)18-20-12(13)5/h10H,6-9,16H2,1-5H3,(H,17,19). The summed E-state index contributed by atoms with van der Waals surface area (Å²) in [6.07, 6.45) is 2.23. The number of aryl methyl sites for hydroxylation is 2. The van der Waals surface area contributed by atoms with Gasteiger partial charge < -0.3 is 15.6 Å². The van der Waals surface area contributed by atoms with E-state index in [9.17, 15) is 4.79 Å². The van der Waals surface area contributed by atoms with Crippen LogP contribution in [0, 0.1) is 19.3 Å². The highest BCUT2D eigenvalue weighted by molar-refractivity contribution is 5.83. The van der Waals surface area contributed by atoms with E-state index in [0.717, 1.165) is 36.3 Å². The molecule has 0 fully saturated rings. The maximum absolute atomic E-state index is 12.4. The van der Waals surface area contributed by atoms with Crippen LogP contribution in [0.15, 0.2) is 4.52 Å². The molecule has 0 aliphatic heterocycles. The molecule has 3 N–H and O–H groups in total. The summed E-state index contributed by atoms with van der Waals surface area (Å²) >= 11 is 0. The Bertz CT molecular complexity index is 422. The molecule has 0 radical (unpaired) electrons. The van der Waals surface area contributed by atoms with Gasteiger partial charge in [-0.15, -0.1) is 0 Å². The molecule has 5 heteroatoms. The molecule has 5 nitrogen and oxygen atoms in total. The summed E-state index contributed by atoms with van der Waals surface area (Å²) in [5.41, 5.74) is 7.31. The average Bonchev–Trinajstić information content (AvgIpc) is 2.73. The van der Waals surface area contributed by atoms with E-state index >= 15 is 0 Å². The van der Waals surface area contributed by atoms with Crippen molar-refractivity contribution in [3.05, 3.63) is 17.0 Å². The van der Waals surface area contributed by atoms with Crippen molar-refractivity contribution in [1.29, 1.82) is 0 Å². The van der Waals surface area contributed by atoms with E-state index in [1.807, 2.05) is 34.6 Å². The van der Waals surface area contributed by atoms with Gasteiger partial charge in [-0.05, 0) is 40.0 Å². The molecule has 1 heterocycles. The number of amides is 1. The summed E-state index contributed by atoms with van der Waals surface area (Å²) in [4.78, 5) is 12.4. The largest absolute Gasteiger partial charge is 0.361 e. The van der Waals surface area contributed by atoms with E-state index in [4.69, 9.17) is 10.3 Å². The lowest BCUT2D eigenvalue weighted by Crippen LogP contribution is -2.48. The summed E-state index contributed by atoms with van der Waals surface area (Å²) in [6.45, 7) is 10.2. The van der Waals surface area contributed by atoms with Gasteiger partial charge in [0, 0.05) is 18.2 Å². The number of nitrogens with zero attached hydrogens (tertiary/aromatic N) is 1. The first-order chi connectivity index (χ1) is 9.40. The van der Waals surface area contributed by atoms with Gasteiger partial charge in [0.25, 0.3) is 0 Å². The first-order valence-electron chi connectivity index (χ1n) is 7.33. The van der Waals surface area contributed by atoms with Gasteiger partial charge >= 0.3 is 0 Å². The number of hydrogen-bond acceptors (Lipinski definition) is 4. The van der Waals surface area contributed by atoms with Crippen LogP contribution in [0.2, 0.25) is 0 Å². The fraction of sp³-hybridized carbons (Fsp3) is 0.733. The fourth-order valence-corrected chi connectivity index (χ4v) is 2.48. The Labute approximate surface area is 121 Å². The molecule has 1 rings (SSSR count). The Morgan fingerprint density at radius 2 is 2.00 bits per heavy atom. The second-order valence-electron chi connectivity index (χ2n) is 5.57. The highest BCUT2D eigenvalue weighted by Crippen LogP contribution is 2.25. The van der Waals surface area contributed by atoms with Crippen LogP contribution >= 0.6 is 0 Å². The molecule has 114 valence electrons. The number of rotatable bonds is 7. The summed E-state index contributed by atoms with van der Waals surface area (Å²) < 4.78 is 5.15. The minimum atomic E-state index is -0.451. The van der Waals surface area contributed by atoms with E-state index < -0.39 is 5.41 Å². The molecule has 1 aromatic rings. The molecule has 1 amide bonds.